The van der Waals surface area contributed by atoms with Crippen molar-refractivity contribution in [2.45, 2.75) is 6.04 Å². The smallest absolute Gasteiger partial charge is 0.251 e. The Morgan fingerprint density at radius 3 is 2.29 bits per heavy atom. The molecule has 0 saturated heterocycles. The Kier molecular flexibility index (Phi) is 5.93. The molecule has 0 fully saturated rings. The first-order valence-electron chi connectivity index (χ1n) is 7.86. The van der Waals surface area contributed by atoms with Gasteiger partial charge in [0.05, 0.1) is 6.04 Å². The molecule has 1 amide bonds. The summed E-state index contributed by atoms with van der Waals surface area (Å²) in [6, 6.07) is 13.8. The molecule has 24 heavy (non-hydrogen) atoms. The first kappa shape index (κ1) is 17.9. The van der Waals surface area contributed by atoms with E-state index in [2.05, 4.69) is 5.32 Å². The molecule has 0 bridgehead atoms. The number of benzene rings is 2. The van der Waals surface area contributed by atoms with Gasteiger partial charge in [-0.25, -0.2) is 4.39 Å². The summed E-state index contributed by atoms with van der Waals surface area (Å²) >= 11 is 0. The Hall–Kier alpha value is -2.40. The maximum atomic E-state index is 13.4. The van der Waals surface area contributed by atoms with Crippen LogP contribution in [0.1, 0.15) is 22.0 Å². The van der Waals surface area contributed by atoms with Crippen molar-refractivity contribution in [1.29, 1.82) is 0 Å². The molecule has 0 aliphatic heterocycles. The third-order valence-electron chi connectivity index (χ3n) is 3.96. The molecule has 1 N–H and O–H groups in total. The van der Waals surface area contributed by atoms with E-state index < -0.39 is 0 Å². The quantitative estimate of drug-likeness (QED) is 0.885. The van der Waals surface area contributed by atoms with Crippen molar-refractivity contribution in [3.63, 3.8) is 0 Å². The highest BCUT2D eigenvalue weighted by molar-refractivity contribution is 5.94. The van der Waals surface area contributed by atoms with E-state index in [1.54, 1.807) is 18.2 Å². The minimum absolute atomic E-state index is 0.0919. The van der Waals surface area contributed by atoms with Crippen LogP contribution in [0.2, 0.25) is 0 Å². The normalized spacial score (nSPS) is 12.1. The van der Waals surface area contributed by atoms with E-state index in [4.69, 9.17) is 0 Å². The van der Waals surface area contributed by atoms with Crippen LogP contribution in [-0.2, 0) is 0 Å². The van der Waals surface area contributed by atoms with Gasteiger partial charge in [0.1, 0.15) is 5.82 Å². The highest BCUT2D eigenvalue weighted by Gasteiger charge is 2.16. The molecule has 2 rings (SSSR count). The van der Waals surface area contributed by atoms with Crippen LogP contribution >= 0.6 is 0 Å². The van der Waals surface area contributed by atoms with Crippen molar-refractivity contribution in [2.24, 2.45) is 0 Å². The standard InChI is InChI=1S/C19H24FN3O/c1-22(2)17-10-8-14(9-11-17)19(24)21-13-18(23(3)4)15-6-5-7-16(20)12-15/h5-12,18H,13H2,1-4H3,(H,21,24). The zero-order valence-corrected chi connectivity index (χ0v) is 14.6. The molecule has 2 aromatic rings. The average Bonchev–Trinajstić information content (AvgIpc) is 2.54. The molecule has 0 aliphatic rings. The van der Waals surface area contributed by atoms with Gasteiger partial charge >= 0.3 is 0 Å². The molecule has 0 aromatic heterocycles. The number of nitrogens with one attached hydrogen (secondary N) is 1. The second-order valence-corrected chi connectivity index (χ2v) is 6.19. The number of halogens is 1. The van der Waals surface area contributed by atoms with Gasteiger partial charge in [-0.05, 0) is 56.1 Å². The summed E-state index contributed by atoms with van der Waals surface area (Å²) in [7, 11) is 7.73. The van der Waals surface area contributed by atoms with Gasteiger partial charge in [0.25, 0.3) is 5.91 Å². The maximum Gasteiger partial charge on any atom is 0.251 e. The van der Waals surface area contributed by atoms with E-state index in [-0.39, 0.29) is 17.8 Å². The van der Waals surface area contributed by atoms with Crippen LogP contribution in [0.4, 0.5) is 10.1 Å². The zero-order chi connectivity index (χ0) is 17.7. The summed E-state index contributed by atoms with van der Waals surface area (Å²) in [5.41, 5.74) is 2.48. The fourth-order valence-corrected chi connectivity index (χ4v) is 2.51. The van der Waals surface area contributed by atoms with E-state index in [0.29, 0.717) is 12.1 Å². The number of carbonyl (C=O) groups excluding carboxylic acids is 1. The van der Waals surface area contributed by atoms with Crippen molar-refractivity contribution in [2.75, 3.05) is 39.6 Å². The number of rotatable bonds is 6. The molecule has 2 aromatic carbocycles. The lowest BCUT2D eigenvalue weighted by Gasteiger charge is -2.25. The van der Waals surface area contributed by atoms with Crippen LogP contribution in [0.5, 0.6) is 0 Å². The lowest BCUT2D eigenvalue weighted by Crippen LogP contribution is -2.34. The molecule has 1 unspecified atom stereocenters. The van der Waals surface area contributed by atoms with Gasteiger partial charge in [-0.2, -0.15) is 0 Å². The van der Waals surface area contributed by atoms with Crippen molar-refractivity contribution >= 4 is 11.6 Å². The fourth-order valence-electron chi connectivity index (χ4n) is 2.51. The number of carbonyl (C=O) groups is 1. The Morgan fingerprint density at radius 2 is 1.75 bits per heavy atom. The lowest BCUT2D eigenvalue weighted by molar-refractivity contribution is 0.0942. The van der Waals surface area contributed by atoms with Crippen LogP contribution in [0, 0.1) is 5.82 Å². The summed E-state index contributed by atoms with van der Waals surface area (Å²) in [6.45, 7) is 0.407. The van der Waals surface area contributed by atoms with Gasteiger partial charge in [-0.1, -0.05) is 12.1 Å². The van der Waals surface area contributed by atoms with Crippen LogP contribution in [0.3, 0.4) is 0 Å². The number of nitrogens with zero attached hydrogens (tertiary/aromatic N) is 2. The van der Waals surface area contributed by atoms with Crippen LogP contribution in [0.15, 0.2) is 48.5 Å². The SMILES string of the molecule is CN(C)c1ccc(C(=O)NCC(c2cccc(F)c2)N(C)C)cc1. The second-order valence-electron chi connectivity index (χ2n) is 6.19. The van der Waals surface area contributed by atoms with E-state index in [1.807, 2.05) is 56.2 Å². The van der Waals surface area contributed by atoms with Crippen molar-refractivity contribution in [3.8, 4) is 0 Å². The highest BCUT2D eigenvalue weighted by atomic mass is 19.1. The first-order chi connectivity index (χ1) is 11.4. The molecule has 0 spiro atoms. The Labute approximate surface area is 142 Å². The zero-order valence-electron chi connectivity index (χ0n) is 14.6. The Balaban J connectivity index is 2.05. The maximum absolute atomic E-state index is 13.4. The molecule has 0 saturated carbocycles. The number of amides is 1. The first-order valence-corrected chi connectivity index (χ1v) is 7.86. The van der Waals surface area contributed by atoms with E-state index >= 15 is 0 Å². The van der Waals surface area contributed by atoms with Gasteiger partial charge in [0, 0.05) is 31.9 Å². The van der Waals surface area contributed by atoms with Crippen molar-refractivity contribution in [1.82, 2.24) is 10.2 Å². The molecular weight excluding hydrogens is 305 g/mol. The number of hydrogen-bond acceptors (Lipinski definition) is 3. The Morgan fingerprint density at radius 1 is 1.08 bits per heavy atom. The van der Waals surface area contributed by atoms with E-state index in [9.17, 15) is 9.18 Å². The third-order valence-corrected chi connectivity index (χ3v) is 3.96. The van der Waals surface area contributed by atoms with Crippen molar-refractivity contribution in [3.05, 3.63) is 65.5 Å². The molecule has 0 aliphatic carbocycles. The largest absolute Gasteiger partial charge is 0.378 e. The van der Waals surface area contributed by atoms with Crippen LogP contribution in [-0.4, -0.2) is 45.5 Å². The average molecular weight is 329 g/mol. The molecular formula is C19H24FN3O. The summed E-state index contributed by atoms with van der Waals surface area (Å²) in [6.07, 6.45) is 0. The van der Waals surface area contributed by atoms with Gasteiger partial charge in [-0.3, -0.25) is 4.79 Å². The van der Waals surface area contributed by atoms with E-state index in [1.165, 1.54) is 12.1 Å². The van der Waals surface area contributed by atoms with Crippen LogP contribution < -0.4 is 10.2 Å². The van der Waals surface area contributed by atoms with Gasteiger partial charge < -0.3 is 15.1 Å². The molecule has 0 heterocycles. The third kappa shape index (κ3) is 4.55. The van der Waals surface area contributed by atoms with E-state index in [0.717, 1.165) is 11.3 Å². The molecule has 5 heteroatoms. The van der Waals surface area contributed by atoms with Gasteiger partial charge in [0.2, 0.25) is 0 Å². The summed E-state index contributed by atoms with van der Waals surface area (Å²) in [5.74, 6) is -0.409. The van der Waals surface area contributed by atoms with Crippen LogP contribution in [0.25, 0.3) is 0 Å². The number of hydrogen-bond donors (Lipinski definition) is 1. The molecule has 0 radical (unpaired) electrons. The minimum atomic E-state index is -0.273. The van der Waals surface area contributed by atoms with Crippen molar-refractivity contribution < 1.29 is 9.18 Å². The summed E-state index contributed by atoms with van der Waals surface area (Å²) in [4.78, 5) is 16.3. The monoisotopic (exact) mass is 329 g/mol. The summed E-state index contributed by atoms with van der Waals surface area (Å²) < 4.78 is 13.4. The minimum Gasteiger partial charge on any atom is -0.378 e. The molecule has 4 nitrogen and oxygen atoms in total. The fraction of sp³-hybridized carbons (Fsp3) is 0.316. The van der Waals surface area contributed by atoms with Gasteiger partial charge in [-0.15, -0.1) is 0 Å². The Bertz CT molecular complexity index is 683. The molecule has 128 valence electrons. The predicted molar refractivity (Wildman–Crippen MR) is 95.9 cm³/mol. The predicted octanol–water partition coefficient (Wildman–Crippen LogP) is 2.92. The highest BCUT2D eigenvalue weighted by Crippen LogP contribution is 2.18. The lowest BCUT2D eigenvalue weighted by atomic mass is 10.1. The van der Waals surface area contributed by atoms with Gasteiger partial charge in [0.15, 0.2) is 0 Å². The number of anilines is 1. The number of likely N-dealkylation sites (N-methyl/N-ethyl adjacent to an activating group) is 1. The topological polar surface area (TPSA) is 35.6 Å². The second kappa shape index (κ2) is 7.93. The summed E-state index contributed by atoms with van der Waals surface area (Å²) in [5, 5.41) is 2.93. The molecule has 1 atom stereocenters.